The normalized spacial score (nSPS) is 39.0. The Hall–Kier alpha value is -0.730. The van der Waals surface area contributed by atoms with Gasteiger partial charge in [-0.2, -0.15) is 0 Å². The molecule has 3 heteroatoms. The predicted molar refractivity (Wildman–Crippen MR) is 80.1 cm³/mol. The van der Waals surface area contributed by atoms with Gasteiger partial charge in [-0.1, -0.05) is 33.6 Å². The zero-order valence-corrected chi connectivity index (χ0v) is 12.8. The lowest BCUT2D eigenvalue weighted by Crippen LogP contribution is -2.61. The van der Waals surface area contributed by atoms with Crippen LogP contribution in [0, 0.1) is 11.3 Å². The average Bonchev–Trinajstić information content (AvgIpc) is 2.92. The van der Waals surface area contributed by atoms with Gasteiger partial charge in [0.25, 0.3) is 0 Å². The van der Waals surface area contributed by atoms with Crippen molar-refractivity contribution in [2.45, 2.75) is 77.3 Å². The minimum Gasteiger partial charge on any atom is -0.370 e. The smallest absolute Gasteiger partial charge is 0.192 e. The molecule has 3 nitrogen and oxygen atoms in total. The molecule has 2 N–H and O–H groups in total. The lowest BCUT2D eigenvalue weighted by molar-refractivity contribution is 0.00964. The summed E-state index contributed by atoms with van der Waals surface area (Å²) in [5, 5.41) is 0. The summed E-state index contributed by atoms with van der Waals surface area (Å²) in [4.78, 5) is 7.21. The van der Waals surface area contributed by atoms with E-state index >= 15 is 0 Å². The maximum Gasteiger partial charge on any atom is 0.192 e. The number of aliphatic imine (C=N–C) groups is 1. The van der Waals surface area contributed by atoms with Gasteiger partial charge in [-0.05, 0) is 43.4 Å². The van der Waals surface area contributed by atoms with Crippen molar-refractivity contribution in [1.82, 2.24) is 4.90 Å². The Morgan fingerprint density at radius 2 is 1.89 bits per heavy atom. The van der Waals surface area contributed by atoms with E-state index < -0.39 is 0 Å². The highest BCUT2D eigenvalue weighted by molar-refractivity contribution is 5.81. The second-order valence-electron chi connectivity index (χ2n) is 7.86. The van der Waals surface area contributed by atoms with E-state index in [1.165, 1.54) is 44.9 Å². The van der Waals surface area contributed by atoms with Crippen LogP contribution in [0.25, 0.3) is 0 Å². The molecule has 1 aliphatic heterocycles. The molecular weight excluding hydrogens is 234 g/mol. The van der Waals surface area contributed by atoms with Crippen molar-refractivity contribution in [2.75, 3.05) is 6.54 Å². The molecule has 0 amide bonds. The molecule has 3 aliphatic rings. The molecule has 0 aromatic carbocycles. The Balaban J connectivity index is 1.86. The van der Waals surface area contributed by atoms with E-state index in [1.807, 2.05) is 0 Å². The fourth-order valence-electron chi connectivity index (χ4n) is 4.83. The van der Waals surface area contributed by atoms with Crippen LogP contribution in [-0.2, 0) is 0 Å². The number of rotatable bonds is 1. The summed E-state index contributed by atoms with van der Waals surface area (Å²) in [6.45, 7) is 8.19. The van der Waals surface area contributed by atoms with Crippen LogP contribution in [0.1, 0.15) is 65.7 Å². The molecule has 0 aromatic rings. The van der Waals surface area contributed by atoms with Crippen LogP contribution >= 0.6 is 0 Å². The van der Waals surface area contributed by atoms with Crippen molar-refractivity contribution in [1.29, 1.82) is 0 Å². The first-order chi connectivity index (χ1) is 8.95. The van der Waals surface area contributed by atoms with Crippen molar-refractivity contribution in [3.63, 3.8) is 0 Å². The van der Waals surface area contributed by atoms with Gasteiger partial charge < -0.3 is 10.6 Å². The second kappa shape index (κ2) is 4.39. The lowest BCUT2D eigenvalue weighted by atomic mass is 9.63. The zero-order valence-electron chi connectivity index (χ0n) is 12.8. The summed E-state index contributed by atoms with van der Waals surface area (Å²) >= 11 is 0. The molecule has 2 aliphatic carbocycles. The van der Waals surface area contributed by atoms with Gasteiger partial charge in [-0.15, -0.1) is 0 Å². The third-order valence-electron chi connectivity index (χ3n) is 5.94. The van der Waals surface area contributed by atoms with Crippen LogP contribution < -0.4 is 5.73 Å². The highest BCUT2D eigenvalue weighted by atomic mass is 15.4. The van der Waals surface area contributed by atoms with Gasteiger partial charge >= 0.3 is 0 Å². The first kappa shape index (κ1) is 13.3. The summed E-state index contributed by atoms with van der Waals surface area (Å²) in [7, 11) is 0. The Kier molecular flexibility index (Phi) is 3.06. The topological polar surface area (TPSA) is 41.6 Å². The van der Waals surface area contributed by atoms with E-state index in [9.17, 15) is 0 Å². The van der Waals surface area contributed by atoms with E-state index in [-0.39, 0.29) is 5.54 Å². The highest BCUT2D eigenvalue weighted by Crippen LogP contribution is 2.50. The molecule has 2 fully saturated rings. The largest absolute Gasteiger partial charge is 0.370 e. The SMILES string of the molecule is CC1CC(C)(C)CCC12CN=C(N)N2C1CCCC1. The fraction of sp³-hybridized carbons (Fsp3) is 0.938. The van der Waals surface area contributed by atoms with Crippen LogP contribution in [-0.4, -0.2) is 29.0 Å². The molecule has 2 saturated carbocycles. The number of nitrogens with two attached hydrogens (primary N) is 1. The molecule has 19 heavy (non-hydrogen) atoms. The van der Waals surface area contributed by atoms with Crippen molar-refractivity contribution in [3.8, 4) is 0 Å². The Morgan fingerprint density at radius 1 is 1.21 bits per heavy atom. The lowest BCUT2D eigenvalue weighted by Gasteiger charge is -2.53. The second-order valence-corrected chi connectivity index (χ2v) is 7.86. The first-order valence-electron chi connectivity index (χ1n) is 8.04. The van der Waals surface area contributed by atoms with E-state index in [0.717, 1.165) is 12.5 Å². The molecule has 2 atom stereocenters. The van der Waals surface area contributed by atoms with Crippen LogP contribution in [0.2, 0.25) is 0 Å². The van der Waals surface area contributed by atoms with Gasteiger partial charge in [0, 0.05) is 6.04 Å². The van der Waals surface area contributed by atoms with E-state index in [1.54, 1.807) is 0 Å². The molecule has 3 rings (SSSR count). The van der Waals surface area contributed by atoms with Crippen molar-refractivity contribution in [3.05, 3.63) is 0 Å². The first-order valence-corrected chi connectivity index (χ1v) is 8.04. The third kappa shape index (κ3) is 2.05. The van der Waals surface area contributed by atoms with Crippen LogP contribution in [0.3, 0.4) is 0 Å². The molecule has 0 radical (unpaired) electrons. The number of nitrogens with zero attached hydrogens (tertiary/aromatic N) is 2. The van der Waals surface area contributed by atoms with Crippen LogP contribution in [0.15, 0.2) is 4.99 Å². The van der Waals surface area contributed by atoms with Crippen molar-refractivity contribution in [2.24, 2.45) is 22.1 Å². The standard InChI is InChI=1S/C16H29N3/c1-12-10-15(2,3)8-9-16(12)11-18-14(17)19(16)13-6-4-5-7-13/h12-13H,4-11H2,1-3H3,(H2,17,18). The molecule has 1 heterocycles. The van der Waals surface area contributed by atoms with Gasteiger partial charge in [0.1, 0.15) is 0 Å². The fourth-order valence-corrected chi connectivity index (χ4v) is 4.83. The third-order valence-corrected chi connectivity index (χ3v) is 5.94. The number of hydrogen-bond acceptors (Lipinski definition) is 3. The molecule has 108 valence electrons. The molecule has 2 unspecified atom stereocenters. The minimum atomic E-state index is 0.245. The quantitative estimate of drug-likeness (QED) is 0.789. The maximum atomic E-state index is 6.27. The summed E-state index contributed by atoms with van der Waals surface area (Å²) in [5.74, 6) is 1.53. The Labute approximate surface area is 117 Å². The molecule has 0 saturated heterocycles. The van der Waals surface area contributed by atoms with E-state index in [0.29, 0.717) is 17.4 Å². The molecule has 0 aromatic heterocycles. The highest BCUT2D eigenvalue weighted by Gasteiger charge is 2.52. The summed E-state index contributed by atoms with van der Waals surface area (Å²) in [6.07, 6.45) is 9.24. The predicted octanol–water partition coefficient (Wildman–Crippen LogP) is 3.14. The average molecular weight is 263 g/mol. The van der Waals surface area contributed by atoms with Crippen LogP contribution in [0.4, 0.5) is 0 Å². The summed E-state index contributed by atoms with van der Waals surface area (Å²) < 4.78 is 0. The van der Waals surface area contributed by atoms with Gasteiger partial charge in [0.2, 0.25) is 0 Å². The number of guanidine groups is 1. The van der Waals surface area contributed by atoms with Crippen LogP contribution in [0.5, 0.6) is 0 Å². The summed E-state index contributed by atoms with van der Waals surface area (Å²) in [5.41, 5.74) is 7.00. The Bertz CT molecular complexity index is 381. The van der Waals surface area contributed by atoms with Gasteiger partial charge in [-0.3, -0.25) is 4.99 Å². The summed E-state index contributed by atoms with van der Waals surface area (Å²) in [6, 6.07) is 0.662. The zero-order chi connectivity index (χ0) is 13.7. The monoisotopic (exact) mass is 263 g/mol. The van der Waals surface area contributed by atoms with Gasteiger partial charge in [0.05, 0.1) is 12.1 Å². The van der Waals surface area contributed by atoms with Gasteiger partial charge in [0.15, 0.2) is 5.96 Å². The molecule has 1 spiro atoms. The van der Waals surface area contributed by atoms with Crippen molar-refractivity contribution < 1.29 is 0 Å². The maximum absolute atomic E-state index is 6.27. The molecule has 0 bridgehead atoms. The number of hydrogen-bond donors (Lipinski definition) is 1. The van der Waals surface area contributed by atoms with E-state index in [2.05, 4.69) is 30.7 Å². The molecular formula is C16H29N3. The minimum absolute atomic E-state index is 0.245. The Morgan fingerprint density at radius 3 is 2.53 bits per heavy atom. The van der Waals surface area contributed by atoms with Gasteiger partial charge in [-0.25, -0.2) is 0 Å². The van der Waals surface area contributed by atoms with E-state index in [4.69, 9.17) is 5.73 Å². The van der Waals surface area contributed by atoms with Crippen molar-refractivity contribution >= 4 is 5.96 Å².